The fraction of sp³-hybridized carbons (Fsp3) is 0.506. The number of H-pyrrole nitrogens is 2. The van der Waals surface area contributed by atoms with E-state index in [2.05, 4.69) is 126 Å². The number of carboxylic acids is 3. The number of aliphatic carboxylic acids is 3. The number of benzene rings is 3. The van der Waals surface area contributed by atoms with Crippen molar-refractivity contribution in [3.05, 3.63) is 108 Å². The van der Waals surface area contributed by atoms with Gasteiger partial charge in [-0.25, -0.2) is 4.79 Å². The Labute approximate surface area is 781 Å². The monoisotopic (exact) mass is 1920 g/mol. The van der Waals surface area contributed by atoms with E-state index in [1.165, 1.54) is 19.3 Å². The summed E-state index contributed by atoms with van der Waals surface area (Å²) in [6.45, 7) is 7.94. The number of aromatic nitrogens is 2. The second kappa shape index (κ2) is 47.7. The number of aromatic amines is 2. The number of hydrogen-bond acceptors (Lipinski definition) is 26. The number of thioether (sulfide) groups is 2. The maximum atomic E-state index is 16.2. The lowest BCUT2D eigenvalue weighted by Crippen LogP contribution is -2.68. The van der Waals surface area contributed by atoms with Gasteiger partial charge in [0.2, 0.25) is 100 Å². The van der Waals surface area contributed by atoms with E-state index < -0.39 is 318 Å². The van der Waals surface area contributed by atoms with Crippen molar-refractivity contribution in [2.45, 2.75) is 214 Å². The van der Waals surface area contributed by atoms with Gasteiger partial charge >= 0.3 is 17.9 Å². The average Bonchev–Trinajstić information content (AvgIpc) is 1.64. The summed E-state index contributed by atoms with van der Waals surface area (Å²) < 4.78 is 0. The molecule has 18 atom stereocenters. The van der Waals surface area contributed by atoms with E-state index in [1.807, 2.05) is 0 Å². The predicted molar refractivity (Wildman–Crippen MR) is 489 cm³/mol. The molecule has 3 aromatic carbocycles. The van der Waals surface area contributed by atoms with Crippen LogP contribution in [0.3, 0.4) is 0 Å². The van der Waals surface area contributed by atoms with Crippen molar-refractivity contribution in [1.29, 1.82) is 0 Å². The zero-order valence-electron chi connectivity index (χ0n) is 73.3. The molecule has 2 spiro atoms. The molecule has 0 bridgehead atoms. The van der Waals surface area contributed by atoms with Crippen LogP contribution >= 0.6 is 48.8 Å². The molecule has 5 aromatic rings. The molecule has 6 heterocycles. The fourth-order valence-electron chi connectivity index (χ4n) is 15.3. The molecule has 48 heteroatoms. The minimum Gasteiger partial charge on any atom is -0.481 e. The molecule has 2 aromatic heterocycles. The summed E-state index contributed by atoms with van der Waals surface area (Å²) >= 11 is 9.61. The Bertz CT molecular complexity index is 5200. The zero-order chi connectivity index (χ0) is 97.5. The SMILES string of the molecule is CC(C)C[C@@H]1NC(=O)[C@@]2(CSC[C@H](C(=O)N[C@H](CS)C(=O)O)NC(=O)[C@H](C)NC(=O)[C@H](Cc3ccccc3)NC1=O)C[C@H](NC(=O)[C@@H](CS)NC(=O)[C@H]1CSC[C@@]3(C[C@H](N)C(=O)N[C@@H](CC(=O)O)C(=O)N[C@@H](Cc4c[nH]c5ccccc45)C(=O)N3)C(=O)N[C@@H](CC(C)C)C(=O)N[C@@H](Cc3c[nH]c4ccccc34)C(=O)N[C@@H](CCC(=O)O)C(=O)N1)C(=O)N[C@@H]([C@@H](C)O)C(=O)NCC(=O)N2. The molecule has 25 N–H and O–H groups in total. The summed E-state index contributed by atoms with van der Waals surface area (Å²) in [4.78, 5) is 300. The first-order valence-corrected chi connectivity index (χ1v) is 46.4. The quantitative estimate of drug-likeness (QED) is 0.0243. The number of hydrogen-bond donors (Lipinski definition) is 26. The van der Waals surface area contributed by atoms with Gasteiger partial charge in [0.1, 0.15) is 95.7 Å². The number of amides is 17. The Balaban J connectivity index is 1.17. The van der Waals surface area contributed by atoms with Crippen molar-refractivity contribution < 1.29 is 116 Å². The molecule has 4 fully saturated rings. The molecule has 0 radical (unpaired) electrons. The van der Waals surface area contributed by atoms with Gasteiger partial charge in [-0.05, 0) is 73.8 Å². The molecule has 4 saturated heterocycles. The van der Waals surface area contributed by atoms with Crippen molar-refractivity contribution >= 4 is 189 Å². The van der Waals surface area contributed by atoms with Crippen LogP contribution in [0.4, 0.5) is 0 Å². The lowest BCUT2D eigenvalue weighted by atomic mass is 9.89. The summed E-state index contributed by atoms with van der Waals surface area (Å²) in [5.41, 5.74) is 3.76. The number of nitrogens with one attached hydrogen (secondary N) is 19. The molecule has 4 aliphatic rings. The van der Waals surface area contributed by atoms with Gasteiger partial charge < -0.3 is 127 Å². The van der Waals surface area contributed by atoms with Crippen molar-refractivity contribution in [3.63, 3.8) is 0 Å². The molecular weight excluding hydrogens is 1810 g/mol. The Hall–Kier alpha value is -12.5. The van der Waals surface area contributed by atoms with Crippen LogP contribution < -0.4 is 96.1 Å². The molecular formula is C85H112N20O24S4. The number of carboxylic acid groups (broad SMARTS) is 3. The van der Waals surface area contributed by atoms with E-state index >= 15 is 47.9 Å². The van der Waals surface area contributed by atoms with Gasteiger partial charge in [-0.15, -0.1) is 0 Å². The predicted octanol–water partition coefficient (Wildman–Crippen LogP) is -5.30. The number of nitrogens with two attached hydrogens (primary N) is 1. The van der Waals surface area contributed by atoms with Crippen molar-refractivity contribution in [1.82, 2.24) is 100 Å². The number of fused-ring (bicyclic) bond motifs is 2. The van der Waals surface area contributed by atoms with Crippen LogP contribution in [0.2, 0.25) is 0 Å². The smallest absolute Gasteiger partial charge is 0.327 e. The van der Waals surface area contributed by atoms with Crippen LogP contribution in [0.15, 0.2) is 91.3 Å². The van der Waals surface area contributed by atoms with Gasteiger partial charge in [-0.2, -0.15) is 48.8 Å². The first kappa shape index (κ1) is 104. The fourth-order valence-corrected chi connectivity index (χ4v) is 18.4. The molecule has 4 aliphatic heterocycles. The van der Waals surface area contributed by atoms with Crippen molar-refractivity contribution in [2.24, 2.45) is 17.6 Å². The highest BCUT2D eigenvalue weighted by Gasteiger charge is 2.51. The largest absolute Gasteiger partial charge is 0.481 e. The minimum absolute atomic E-state index is 0.236. The maximum absolute atomic E-state index is 16.2. The number of rotatable bonds is 25. The molecule has 9 rings (SSSR count). The van der Waals surface area contributed by atoms with Gasteiger partial charge in [-0.1, -0.05) is 94.4 Å². The molecule has 133 heavy (non-hydrogen) atoms. The van der Waals surface area contributed by atoms with Crippen LogP contribution in [0.5, 0.6) is 0 Å². The van der Waals surface area contributed by atoms with E-state index in [1.54, 1.807) is 107 Å². The first-order valence-electron chi connectivity index (χ1n) is 42.8. The Kier molecular flexibility index (Phi) is 37.4. The topological polar surface area (TPSA) is 684 Å². The van der Waals surface area contributed by atoms with Gasteiger partial charge in [0.15, 0.2) is 0 Å². The summed E-state index contributed by atoms with van der Waals surface area (Å²) in [5.74, 6) is -30.7. The van der Waals surface area contributed by atoms with E-state index in [0.717, 1.165) is 6.92 Å². The molecule has 720 valence electrons. The number of aliphatic hydroxyl groups is 1. The third kappa shape index (κ3) is 28.7. The second-order valence-electron chi connectivity index (χ2n) is 33.9. The van der Waals surface area contributed by atoms with E-state index in [9.17, 15) is 68.4 Å². The number of aliphatic hydroxyl groups excluding tert-OH is 1. The third-order valence-electron chi connectivity index (χ3n) is 22.4. The number of carbonyl (C=O) groups excluding carboxylic acids is 17. The summed E-state index contributed by atoms with van der Waals surface area (Å²) in [7, 11) is 0. The van der Waals surface area contributed by atoms with E-state index in [0.29, 0.717) is 62.0 Å². The maximum Gasteiger partial charge on any atom is 0.327 e. The highest BCUT2D eigenvalue weighted by Crippen LogP contribution is 2.29. The average molecular weight is 1930 g/mol. The zero-order valence-corrected chi connectivity index (χ0v) is 76.7. The van der Waals surface area contributed by atoms with Crippen molar-refractivity contribution in [3.8, 4) is 0 Å². The normalized spacial score (nSPS) is 26.6. The highest BCUT2D eigenvalue weighted by atomic mass is 32.2. The Morgan fingerprint density at radius 3 is 1.46 bits per heavy atom. The van der Waals surface area contributed by atoms with Crippen molar-refractivity contribution in [2.75, 3.05) is 41.1 Å². The van der Waals surface area contributed by atoms with Crippen LogP contribution in [0.1, 0.15) is 103 Å². The molecule has 0 unspecified atom stereocenters. The van der Waals surface area contributed by atoms with Gasteiger partial charge in [0, 0.05) is 107 Å². The van der Waals surface area contributed by atoms with Gasteiger partial charge in [0.05, 0.1) is 25.1 Å². The first-order chi connectivity index (χ1) is 63.0. The molecule has 17 amide bonds. The van der Waals surface area contributed by atoms with Gasteiger partial charge in [-0.3, -0.25) is 91.1 Å². The summed E-state index contributed by atoms with van der Waals surface area (Å²) in [5, 5.41) is 85.1. The van der Waals surface area contributed by atoms with Gasteiger partial charge in [0.25, 0.3) is 0 Å². The highest BCUT2D eigenvalue weighted by molar-refractivity contribution is 7.99. The third-order valence-corrected chi connectivity index (χ3v) is 25.7. The number of carbonyl (C=O) groups is 20. The molecule has 44 nitrogen and oxygen atoms in total. The molecule has 0 saturated carbocycles. The van der Waals surface area contributed by atoms with Crippen LogP contribution in [-0.4, -0.2) is 298 Å². The standard InChI is InChI=1S/C85H112N20O24S4/c1-39(2)22-52-71(116)93-54(24-43-14-8-7-9-15-43)70(115)90-41(5)67(112)99-61(78(123)98-60(34-131)81(126)127)35-133-38-85(83(129)102-52)29-58(75(120)103-66(42(6)106)80(125)89-32-63(107)104-85)96-76(121)59(33-130)97-77(122)62-36-132-37-84(28-48(86)68(113)92-57(27-65(110)111)74(119)95-56(79(124)105-84)26-45-31-88-50-19-13-11-17-47(45)50)82(128)101-53(23-40(3)4)72(117)94-55(25-44-30-87-49-18-12-10-16-46(44)49)73(118)91-51(69(114)100-62)20-21-64(108)109/h7-19,30-31,39-42,48,51-62,66,87-88,106,130-131H,20-29,32-38,86H2,1-6H3,(H,89,125)(H,90,115)(H,91,118)(H,92,113)(H,93,116)(H,94,117)(H,95,119)(H,96,121)(H,97,122)(H,98,123)(H,99,112)(H,100,114)(H,101,128)(H,102,129)(H,103,120)(H,104,107)(H,105,124)(H,108,109)(H,110,111)(H,126,127)/t41-,42+,48-,51-,52-,53-,54-,55-,56-,57-,58-,59+,60+,61+,62+,66-,84-,85-/m0/s1. The lowest BCUT2D eigenvalue weighted by molar-refractivity contribution is -0.141. The van der Waals surface area contributed by atoms with Crippen LogP contribution in [-0.2, 0) is 115 Å². The second-order valence-corrected chi connectivity index (χ2v) is 36.7. The van der Waals surface area contributed by atoms with Crippen LogP contribution in [0, 0.1) is 11.8 Å². The Morgan fingerprint density at radius 2 is 0.947 bits per heavy atom. The van der Waals surface area contributed by atoms with E-state index in [-0.39, 0.29) is 25.7 Å². The molecule has 0 aliphatic carbocycles. The number of thiol groups is 2. The summed E-state index contributed by atoms with van der Waals surface area (Å²) in [6.07, 6.45) is -5.08. The minimum atomic E-state index is -2.74. The number of para-hydroxylation sites is 2. The Morgan fingerprint density at radius 1 is 0.489 bits per heavy atom. The summed E-state index contributed by atoms with van der Waals surface area (Å²) in [6, 6.07) is -5.99. The van der Waals surface area contributed by atoms with Crippen LogP contribution in [0.25, 0.3) is 21.8 Å². The lowest BCUT2D eigenvalue weighted by Gasteiger charge is -2.38. The van der Waals surface area contributed by atoms with E-state index in [4.69, 9.17) is 5.73 Å².